The Morgan fingerprint density at radius 1 is 1.14 bits per heavy atom. The first-order valence-corrected chi connectivity index (χ1v) is 6.97. The first-order chi connectivity index (χ1) is 10.2. The highest BCUT2D eigenvalue weighted by Crippen LogP contribution is 2.35. The van der Waals surface area contributed by atoms with Gasteiger partial charge in [-0.25, -0.2) is 0 Å². The lowest BCUT2D eigenvalue weighted by Gasteiger charge is -2.11. The number of hydrogen-bond donors (Lipinski definition) is 2. The number of amidine groups is 1. The number of aromatic nitrogens is 2. The Hall–Kier alpha value is -2.47. The van der Waals surface area contributed by atoms with Crippen LogP contribution >= 0.6 is 15.9 Å². The number of nitrogens with zero attached hydrogens (tertiary/aromatic N) is 2. The van der Waals surface area contributed by atoms with Gasteiger partial charge in [0.15, 0.2) is 0 Å². The second-order valence-corrected chi connectivity index (χ2v) is 5.16. The summed E-state index contributed by atoms with van der Waals surface area (Å²) in [5.41, 5.74) is 5.93. The van der Waals surface area contributed by atoms with Crippen molar-refractivity contribution in [3.63, 3.8) is 0 Å². The van der Waals surface area contributed by atoms with Crippen molar-refractivity contribution in [2.75, 3.05) is 0 Å². The molecule has 0 saturated carbocycles. The molecule has 0 unspecified atom stereocenters. The summed E-state index contributed by atoms with van der Waals surface area (Å²) in [7, 11) is 0. The minimum atomic E-state index is -0.114. The molecule has 2 aromatic carbocycles. The first kappa shape index (κ1) is 13.5. The zero-order valence-corrected chi connectivity index (χ0v) is 12.5. The molecule has 0 aliphatic rings. The van der Waals surface area contributed by atoms with Gasteiger partial charge in [-0.2, -0.15) is 5.10 Å². The van der Waals surface area contributed by atoms with Crippen LogP contribution in [0.25, 0.3) is 10.8 Å². The molecule has 0 bridgehead atoms. The zero-order valence-electron chi connectivity index (χ0n) is 10.9. The Morgan fingerprint density at radius 2 is 1.95 bits per heavy atom. The summed E-state index contributed by atoms with van der Waals surface area (Å²) in [5.74, 6) is 0.689. The third-order valence-corrected chi connectivity index (χ3v) is 3.83. The van der Waals surface area contributed by atoms with E-state index >= 15 is 0 Å². The van der Waals surface area contributed by atoms with Gasteiger partial charge in [0.05, 0.1) is 16.2 Å². The van der Waals surface area contributed by atoms with E-state index in [-0.39, 0.29) is 11.7 Å². The molecule has 3 aromatic rings. The second-order valence-electron chi connectivity index (χ2n) is 4.36. The smallest absolute Gasteiger partial charge is 0.249 e. The highest BCUT2D eigenvalue weighted by Gasteiger charge is 2.12. The van der Waals surface area contributed by atoms with E-state index in [9.17, 15) is 0 Å². The molecule has 1 heterocycles. The van der Waals surface area contributed by atoms with Crippen molar-refractivity contribution in [1.29, 1.82) is 5.41 Å². The lowest BCUT2D eigenvalue weighted by atomic mass is 10.1. The van der Waals surface area contributed by atoms with Gasteiger partial charge in [0, 0.05) is 0 Å². The molecular weight excluding hydrogens is 332 g/mol. The molecule has 0 spiro atoms. The fraction of sp³-hybridized carbons (Fsp3) is 0. The number of benzene rings is 2. The summed E-state index contributed by atoms with van der Waals surface area (Å²) in [5, 5.41) is 17.4. The predicted molar refractivity (Wildman–Crippen MR) is 84.8 cm³/mol. The normalized spacial score (nSPS) is 10.5. The number of halogens is 1. The van der Waals surface area contributed by atoms with E-state index in [1.807, 2.05) is 36.4 Å². The maximum absolute atomic E-state index is 7.55. The summed E-state index contributed by atoms with van der Waals surface area (Å²) in [6, 6.07) is 13.3. The van der Waals surface area contributed by atoms with Gasteiger partial charge >= 0.3 is 0 Å². The van der Waals surface area contributed by atoms with Crippen LogP contribution in [-0.2, 0) is 0 Å². The van der Waals surface area contributed by atoms with Crippen LogP contribution in [0.1, 0.15) is 5.56 Å². The molecule has 0 aliphatic heterocycles. The molecule has 0 aliphatic carbocycles. The Bertz CT molecular complexity index is 835. The molecule has 1 aromatic heterocycles. The minimum Gasteiger partial charge on any atom is -0.436 e. The largest absolute Gasteiger partial charge is 0.436 e. The SMILES string of the molecule is N=C(N)c1ccnnc1Oc1ccc2ccccc2c1Br. The summed E-state index contributed by atoms with van der Waals surface area (Å²) in [6.07, 6.45) is 1.47. The molecule has 0 fully saturated rings. The van der Waals surface area contributed by atoms with Crippen LogP contribution in [0.15, 0.2) is 53.1 Å². The van der Waals surface area contributed by atoms with Crippen LogP contribution < -0.4 is 10.5 Å². The average Bonchev–Trinajstić information content (AvgIpc) is 2.51. The maximum atomic E-state index is 7.55. The van der Waals surface area contributed by atoms with Crippen molar-refractivity contribution in [3.05, 3.63) is 58.7 Å². The Morgan fingerprint density at radius 3 is 2.76 bits per heavy atom. The number of nitrogen functional groups attached to an aromatic ring is 1. The molecule has 0 saturated heterocycles. The number of ether oxygens (including phenoxy) is 1. The van der Waals surface area contributed by atoms with Crippen molar-refractivity contribution in [2.45, 2.75) is 0 Å². The molecule has 0 amide bonds. The monoisotopic (exact) mass is 342 g/mol. The quantitative estimate of drug-likeness (QED) is 0.563. The maximum Gasteiger partial charge on any atom is 0.249 e. The number of nitrogens with two attached hydrogens (primary N) is 1. The third-order valence-electron chi connectivity index (χ3n) is 3.01. The van der Waals surface area contributed by atoms with Crippen molar-refractivity contribution < 1.29 is 4.74 Å². The minimum absolute atomic E-state index is 0.114. The molecular formula is C15H11BrN4O. The Kier molecular flexibility index (Phi) is 3.53. The standard InChI is InChI=1S/C15H11BrN4O/c16-13-10-4-2-1-3-9(10)5-6-12(13)21-15-11(14(17)18)7-8-19-20-15/h1-8H,(H3,17,18). The van der Waals surface area contributed by atoms with E-state index in [1.54, 1.807) is 6.07 Å². The fourth-order valence-corrected chi connectivity index (χ4v) is 2.57. The Balaban J connectivity index is 2.07. The van der Waals surface area contributed by atoms with Crippen molar-refractivity contribution in [2.24, 2.45) is 5.73 Å². The number of fused-ring (bicyclic) bond motifs is 1. The summed E-state index contributed by atoms with van der Waals surface area (Å²) >= 11 is 3.54. The van der Waals surface area contributed by atoms with Crippen molar-refractivity contribution >= 4 is 32.5 Å². The fourth-order valence-electron chi connectivity index (χ4n) is 2.00. The number of nitrogens with one attached hydrogen (secondary N) is 1. The lowest BCUT2D eigenvalue weighted by molar-refractivity contribution is 0.452. The number of hydrogen-bond acceptors (Lipinski definition) is 4. The van der Waals surface area contributed by atoms with Gasteiger partial charge in [-0.3, -0.25) is 5.41 Å². The highest BCUT2D eigenvalue weighted by molar-refractivity contribution is 9.10. The summed E-state index contributed by atoms with van der Waals surface area (Å²) in [6.45, 7) is 0. The van der Waals surface area contributed by atoms with E-state index in [4.69, 9.17) is 15.9 Å². The highest BCUT2D eigenvalue weighted by atomic mass is 79.9. The van der Waals surface area contributed by atoms with E-state index in [2.05, 4.69) is 26.1 Å². The van der Waals surface area contributed by atoms with Gasteiger partial charge in [0.25, 0.3) is 0 Å². The lowest BCUT2D eigenvalue weighted by Crippen LogP contribution is -2.13. The predicted octanol–water partition coefficient (Wildman–Crippen LogP) is 3.47. The van der Waals surface area contributed by atoms with Crippen molar-refractivity contribution in [3.8, 4) is 11.6 Å². The van der Waals surface area contributed by atoms with Gasteiger partial charge in [-0.05, 0) is 38.8 Å². The van der Waals surface area contributed by atoms with E-state index in [1.165, 1.54) is 6.20 Å². The van der Waals surface area contributed by atoms with Crippen LogP contribution in [0.2, 0.25) is 0 Å². The van der Waals surface area contributed by atoms with Crippen LogP contribution in [0.3, 0.4) is 0 Å². The van der Waals surface area contributed by atoms with Gasteiger partial charge in [-0.1, -0.05) is 30.3 Å². The molecule has 0 atom stereocenters. The molecule has 3 rings (SSSR count). The van der Waals surface area contributed by atoms with Crippen LogP contribution in [0.4, 0.5) is 0 Å². The van der Waals surface area contributed by atoms with Crippen LogP contribution in [-0.4, -0.2) is 16.0 Å². The van der Waals surface area contributed by atoms with Gasteiger partial charge in [-0.15, -0.1) is 5.10 Å². The third kappa shape index (κ3) is 2.57. The van der Waals surface area contributed by atoms with Gasteiger partial charge < -0.3 is 10.5 Å². The average molecular weight is 343 g/mol. The van der Waals surface area contributed by atoms with E-state index in [0.717, 1.165) is 15.2 Å². The summed E-state index contributed by atoms with van der Waals surface area (Å²) in [4.78, 5) is 0. The van der Waals surface area contributed by atoms with E-state index < -0.39 is 0 Å². The molecule has 21 heavy (non-hydrogen) atoms. The zero-order chi connectivity index (χ0) is 14.8. The molecule has 3 N–H and O–H groups in total. The Labute approximate surface area is 129 Å². The second kappa shape index (κ2) is 5.49. The van der Waals surface area contributed by atoms with Crippen LogP contribution in [0.5, 0.6) is 11.6 Å². The van der Waals surface area contributed by atoms with E-state index in [0.29, 0.717) is 11.3 Å². The van der Waals surface area contributed by atoms with Crippen molar-refractivity contribution in [1.82, 2.24) is 10.2 Å². The first-order valence-electron chi connectivity index (χ1n) is 6.18. The van der Waals surface area contributed by atoms with Gasteiger partial charge in [0.2, 0.25) is 5.88 Å². The number of rotatable bonds is 3. The van der Waals surface area contributed by atoms with Gasteiger partial charge in [0.1, 0.15) is 11.6 Å². The molecule has 5 nitrogen and oxygen atoms in total. The summed E-state index contributed by atoms with van der Waals surface area (Å²) < 4.78 is 6.59. The van der Waals surface area contributed by atoms with Crippen LogP contribution in [0, 0.1) is 5.41 Å². The molecule has 104 valence electrons. The molecule has 6 heteroatoms. The molecule has 0 radical (unpaired) electrons. The topological polar surface area (TPSA) is 84.9 Å².